The van der Waals surface area contributed by atoms with Gasteiger partial charge in [0.15, 0.2) is 0 Å². The molecule has 28 heavy (non-hydrogen) atoms. The summed E-state index contributed by atoms with van der Waals surface area (Å²) in [7, 11) is 0. The number of hydrogen-bond acceptors (Lipinski definition) is 4. The number of morpholine rings is 1. The van der Waals surface area contributed by atoms with E-state index < -0.39 is 0 Å². The maximum atomic E-state index is 13.4. The van der Waals surface area contributed by atoms with Gasteiger partial charge in [0.2, 0.25) is 0 Å². The van der Waals surface area contributed by atoms with Crippen LogP contribution in [0.2, 0.25) is 0 Å². The van der Waals surface area contributed by atoms with E-state index in [1.54, 1.807) is 12.1 Å². The van der Waals surface area contributed by atoms with E-state index in [2.05, 4.69) is 30.0 Å². The minimum atomic E-state index is -0.248. The SMILES string of the molecule is Cc1ccc2nc(-c3ccc(F)cc3)c(CN3CCO[C@H](CCO)C3)cc2c1. The van der Waals surface area contributed by atoms with Crippen LogP contribution in [0.3, 0.4) is 0 Å². The molecule has 4 nitrogen and oxygen atoms in total. The van der Waals surface area contributed by atoms with Crippen molar-refractivity contribution < 1.29 is 14.2 Å². The Morgan fingerprint density at radius 3 is 2.79 bits per heavy atom. The molecule has 1 aromatic heterocycles. The van der Waals surface area contributed by atoms with Crippen molar-refractivity contribution in [1.29, 1.82) is 0 Å². The van der Waals surface area contributed by atoms with Gasteiger partial charge in [0.05, 0.1) is 23.9 Å². The highest BCUT2D eigenvalue weighted by molar-refractivity contribution is 5.84. The van der Waals surface area contributed by atoms with Crippen LogP contribution in [0.5, 0.6) is 0 Å². The predicted octanol–water partition coefficient (Wildman–Crippen LogP) is 3.93. The Morgan fingerprint density at radius 1 is 1.18 bits per heavy atom. The summed E-state index contributed by atoms with van der Waals surface area (Å²) in [5.41, 5.74) is 5.06. The molecular formula is C23H25FN2O2. The number of aliphatic hydroxyl groups excluding tert-OH is 1. The quantitative estimate of drug-likeness (QED) is 0.728. The van der Waals surface area contributed by atoms with Gasteiger partial charge in [-0.3, -0.25) is 4.90 Å². The minimum Gasteiger partial charge on any atom is -0.396 e. The van der Waals surface area contributed by atoms with Crippen molar-refractivity contribution in [3.63, 3.8) is 0 Å². The third kappa shape index (κ3) is 4.22. The molecule has 1 atom stereocenters. The van der Waals surface area contributed by atoms with Crippen LogP contribution in [0.1, 0.15) is 17.5 Å². The molecule has 0 amide bonds. The van der Waals surface area contributed by atoms with Crippen LogP contribution in [0, 0.1) is 12.7 Å². The first-order chi connectivity index (χ1) is 13.6. The summed E-state index contributed by atoms with van der Waals surface area (Å²) in [6.45, 7) is 5.25. The topological polar surface area (TPSA) is 45.6 Å². The lowest BCUT2D eigenvalue weighted by Gasteiger charge is -2.33. The summed E-state index contributed by atoms with van der Waals surface area (Å²) in [6.07, 6.45) is 0.708. The second-order valence-corrected chi connectivity index (χ2v) is 7.44. The van der Waals surface area contributed by atoms with Crippen LogP contribution < -0.4 is 0 Å². The number of pyridine rings is 1. The van der Waals surface area contributed by atoms with Gasteiger partial charge in [-0.25, -0.2) is 9.37 Å². The number of aliphatic hydroxyl groups is 1. The summed E-state index contributed by atoms with van der Waals surface area (Å²) in [6, 6.07) is 15.0. The average Bonchev–Trinajstić information content (AvgIpc) is 2.69. The number of rotatable bonds is 5. The fourth-order valence-electron chi connectivity index (χ4n) is 3.80. The number of nitrogens with zero attached hydrogens (tertiary/aromatic N) is 2. The van der Waals surface area contributed by atoms with Crippen molar-refractivity contribution in [3.05, 3.63) is 65.5 Å². The first-order valence-corrected chi connectivity index (χ1v) is 9.73. The number of hydrogen-bond donors (Lipinski definition) is 1. The monoisotopic (exact) mass is 380 g/mol. The van der Waals surface area contributed by atoms with Gasteiger partial charge in [-0.1, -0.05) is 11.6 Å². The van der Waals surface area contributed by atoms with E-state index in [0.29, 0.717) is 13.0 Å². The largest absolute Gasteiger partial charge is 0.396 e. The number of benzene rings is 2. The molecule has 0 saturated carbocycles. The summed E-state index contributed by atoms with van der Waals surface area (Å²) < 4.78 is 19.2. The Kier molecular flexibility index (Phi) is 5.67. The van der Waals surface area contributed by atoms with Crippen molar-refractivity contribution in [2.24, 2.45) is 0 Å². The van der Waals surface area contributed by atoms with Gasteiger partial charge in [0.25, 0.3) is 0 Å². The lowest BCUT2D eigenvalue weighted by Crippen LogP contribution is -2.42. The summed E-state index contributed by atoms with van der Waals surface area (Å²) in [5, 5.41) is 10.3. The van der Waals surface area contributed by atoms with E-state index in [-0.39, 0.29) is 18.5 Å². The Bertz CT molecular complexity index is 957. The molecule has 146 valence electrons. The lowest BCUT2D eigenvalue weighted by molar-refractivity contribution is -0.0406. The van der Waals surface area contributed by atoms with E-state index in [1.807, 2.05) is 6.07 Å². The highest BCUT2D eigenvalue weighted by atomic mass is 19.1. The van der Waals surface area contributed by atoms with E-state index in [1.165, 1.54) is 17.7 Å². The summed E-state index contributed by atoms with van der Waals surface area (Å²) in [4.78, 5) is 7.26. The highest BCUT2D eigenvalue weighted by Crippen LogP contribution is 2.28. The molecule has 1 fully saturated rings. The molecule has 0 spiro atoms. The number of ether oxygens (including phenoxy) is 1. The molecule has 1 aliphatic heterocycles. The molecular weight excluding hydrogens is 355 g/mol. The smallest absolute Gasteiger partial charge is 0.123 e. The van der Waals surface area contributed by atoms with Crippen LogP contribution >= 0.6 is 0 Å². The van der Waals surface area contributed by atoms with Gasteiger partial charge in [0.1, 0.15) is 5.82 Å². The van der Waals surface area contributed by atoms with Gasteiger partial charge in [-0.05, 0) is 61.4 Å². The second-order valence-electron chi connectivity index (χ2n) is 7.44. The molecule has 1 N–H and O–H groups in total. The maximum absolute atomic E-state index is 13.4. The fourth-order valence-corrected chi connectivity index (χ4v) is 3.80. The first-order valence-electron chi connectivity index (χ1n) is 9.73. The van der Waals surface area contributed by atoms with Crippen LogP contribution in [-0.2, 0) is 11.3 Å². The first kappa shape index (κ1) is 19.0. The molecule has 2 aromatic carbocycles. The van der Waals surface area contributed by atoms with Crippen molar-refractivity contribution in [2.75, 3.05) is 26.3 Å². The third-order valence-electron chi connectivity index (χ3n) is 5.23. The molecule has 3 aromatic rings. The minimum absolute atomic E-state index is 0.0590. The van der Waals surface area contributed by atoms with Gasteiger partial charge in [-0.15, -0.1) is 0 Å². The van der Waals surface area contributed by atoms with Gasteiger partial charge in [-0.2, -0.15) is 0 Å². The van der Waals surface area contributed by atoms with E-state index in [4.69, 9.17) is 9.72 Å². The molecule has 0 unspecified atom stereocenters. The Balaban J connectivity index is 1.71. The van der Waals surface area contributed by atoms with Crippen molar-refractivity contribution in [3.8, 4) is 11.3 Å². The Labute approximate surface area is 164 Å². The Morgan fingerprint density at radius 2 is 2.00 bits per heavy atom. The van der Waals surface area contributed by atoms with Crippen LogP contribution in [0.25, 0.3) is 22.2 Å². The molecule has 1 saturated heterocycles. The fraction of sp³-hybridized carbons (Fsp3) is 0.348. The summed E-state index contributed by atoms with van der Waals surface area (Å²) >= 11 is 0. The van der Waals surface area contributed by atoms with Crippen molar-refractivity contribution in [2.45, 2.75) is 26.0 Å². The average molecular weight is 380 g/mol. The zero-order chi connectivity index (χ0) is 19.5. The molecule has 0 aliphatic carbocycles. The standard InChI is InChI=1S/C23H25FN2O2/c1-16-2-7-22-18(12-16)13-19(14-26-9-11-28-21(15-26)8-10-27)23(25-22)17-3-5-20(24)6-4-17/h2-7,12-13,21,27H,8-11,14-15H2,1H3/t21-/m1/s1. The van der Waals surface area contributed by atoms with Crippen molar-refractivity contribution in [1.82, 2.24) is 9.88 Å². The van der Waals surface area contributed by atoms with Crippen LogP contribution in [0.15, 0.2) is 48.5 Å². The van der Waals surface area contributed by atoms with Gasteiger partial charge < -0.3 is 9.84 Å². The van der Waals surface area contributed by atoms with E-state index in [9.17, 15) is 9.50 Å². The number of aryl methyl sites for hydroxylation is 1. The number of aromatic nitrogens is 1. The van der Waals surface area contributed by atoms with Gasteiger partial charge >= 0.3 is 0 Å². The molecule has 1 aliphatic rings. The summed E-state index contributed by atoms with van der Waals surface area (Å²) in [5.74, 6) is -0.248. The zero-order valence-electron chi connectivity index (χ0n) is 16.1. The normalized spacial score (nSPS) is 17.9. The lowest BCUT2D eigenvalue weighted by atomic mass is 10.0. The van der Waals surface area contributed by atoms with Crippen LogP contribution in [0.4, 0.5) is 4.39 Å². The predicted molar refractivity (Wildman–Crippen MR) is 109 cm³/mol. The number of halogens is 1. The van der Waals surface area contributed by atoms with E-state index in [0.717, 1.165) is 47.4 Å². The molecule has 2 heterocycles. The zero-order valence-corrected chi connectivity index (χ0v) is 16.1. The molecule has 5 heteroatoms. The van der Waals surface area contributed by atoms with E-state index >= 15 is 0 Å². The van der Waals surface area contributed by atoms with Gasteiger partial charge in [0, 0.05) is 37.2 Å². The molecule has 4 rings (SSSR count). The second kappa shape index (κ2) is 8.35. The molecule has 0 bridgehead atoms. The maximum Gasteiger partial charge on any atom is 0.123 e. The molecule has 0 radical (unpaired) electrons. The number of fused-ring (bicyclic) bond motifs is 1. The van der Waals surface area contributed by atoms with Crippen LogP contribution in [-0.4, -0.2) is 47.4 Å². The highest BCUT2D eigenvalue weighted by Gasteiger charge is 2.21. The van der Waals surface area contributed by atoms with Crippen molar-refractivity contribution >= 4 is 10.9 Å². The third-order valence-corrected chi connectivity index (χ3v) is 5.23. The Hall–Kier alpha value is -2.34.